The Morgan fingerprint density at radius 3 is 2.09 bits per heavy atom. The Morgan fingerprint density at radius 2 is 1.46 bits per heavy atom. The second-order valence-electron chi connectivity index (χ2n) is 8.00. The maximum atomic E-state index is 13.1. The van der Waals surface area contributed by atoms with E-state index < -0.39 is 15.8 Å². The van der Waals surface area contributed by atoms with Crippen molar-refractivity contribution in [2.24, 2.45) is 0 Å². The molecule has 0 aliphatic carbocycles. The Morgan fingerprint density at radius 1 is 0.829 bits per heavy atom. The molecule has 0 atom stereocenters. The molecule has 0 saturated heterocycles. The van der Waals surface area contributed by atoms with E-state index in [0.717, 1.165) is 28.2 Å². The van der Waals surface area contributed by atoms with Gasteiger partial charge in [-0.1, -0.05) is 72.3 Å². The third kappa shape index (κ3) is 6.54. The van der Waals surface area contributed by atoms with Crippen LogP contribution in [0.15, 0.2) is 107 Å². The lowest BCUT2D eigenvalue weighted by molar-refractivity contribution is 0.0695. The summed E-state index contributed by atoms with van der Waals surface area (Å²) >= 11 is 7.48. The van der Waals surface area contributed by atoms with E-state index in [9.17, 15) is 18.3 Å². The van der Waals surface area contributed by atoms with Gasteiger partial charge in [0.25, 0.3) is 0 Å². The molecule has 0 saturated carbocycles. The first kappa shape index (κ1) is 25.0. The predicted octanol–water partition coefficient (Wildman–Crippen LogP) is 7.01. The first-order valence-electron chi connectivity index (χ1n) is 10.9. The number of hydrogen-bond donors (Lipinski definition) is 1. The average molecular weight is 523 g/mol. The van der Waals surface area contributed by atoms with E-state index in [4.69, 9.17) is 11.6 Å². The van der Waals surface area contributed by atoms with Crippen molar-refractivity contribution in [3.05, 3.63) is 119 Å². The molecule has 0 spiro atoms. The molecule has 7 heteroatoms. The fourth-order valence-corrected chi connectivity index (χ4v) is 6.13. The molecule has 4 nitrogen and oxygen atoms in total. The van der Waals surface area contributed by atoms with Gasteiger partial charge >= 0.3 is 5.97 Å². The number of benzene rings is 4. The average Bonchev–Trinajstić information content (AvgIpc) is 2.86. The summed E-state index contributed by atoms with van der Waals surface area (Å²) in [5.41, 5.74) is 3.28. The van der Waals surface area contributed by atoms with Gasteiger partial charge in [-0.05, 0) is 65.1 Å². The number of carboxylic acids is 1. The summed E-state index contributed by atoms with van der Waals surface area (Å²) in [6, 6.07) is 28.9. The van der Waals surface area contributed by atoms with Crippen LogP contribution in [0.25, 0.3) is 11.1 Å². The lowest BCUT2D eigenvalue weighted by Gasteiger charge is -2.11. The molecule has 0 aromatic heterocycles. The fraction of sp³-hybridized carbons (Fsp3) is 0.107. The summed E-state index contributed by atoms with van der Waals surface area (Å²) in [5, 5.41) is 10.4. The number of sulfone groups is 1. The van der Waals surface area contributed by atoms with Gasteiger partial charge in [0.05, 0.1) is 16.2 Å². The first-order valence-corrected chi connectivity index (χ1v) is 14.0. The van der Waals surface area contributed by atoms with Gasteiger partial charge in [0.1, 0.15) is 0 Å². The molecule has 0 aliphatic heterocycles. The number of thioether (sulfide) groups is 1. The van der Waals surface area contributed by atoms with Crippen LogP contribution in [0.1, 0.15) is 21.5 Å². The molecule has 4 rings (SSSR count). The van der Waals surface area contributed by atoms with Crippen molar-refractivity contribution in [3.8, 4) is 11.1 Å². The Bertz CT molecular complexity index is 1420. The smallest absolute Gasteiger partial charge is 0.336 e. The predicted molar refractivity (Wildman–Crippen MR) is 142 cm³/mol. The van der Waals surface area contributed by atoms with Crippen LogP contribution in [0.2, 0.25) is 5.02 Å². The van der Waals surface area contributed by atoms with Crippen LogP contribution in [-0.2, 0) is 22.0 Å². The first-order chi connectivity index (χ1) is 16.8. The van der Waals surface area contributed by atoms with Gasteiger partial charge in [0.2, 0.25) is 0 Å². The van der Waals surface area contributed by atoms with Crippen molar-refractivity contribution < 1.29 is 18.3 Å². The maximum Gasteiger partial charge on any atom is 0.336 e. The largest absolute Gasteiger partial charge is 0.478 e. The molecule has 1 N–H and O–H groups in total. The molecule has 0 unspecified atom stereocenters. The van der Waals surface area contributed by atoms with Crippen molar-refractivity contribution in [2.75, 3.05) is 5.75 Å². The lowest BCUT2D eigenvalue weighted by Crippen LogP contribution is -2.10. The van der Waals surface area contributed by atoms with E-state index in [0.29, 0.717) is 5.02 Å². The zero-order valence-corrected chi connectivity index (χ0v) is 21.1. The highest BCUT2D eigenvalue weighted by atomic mass is 35.5. The number of hydrogen-bond acceptors (Lipinski definition) is 4. The van der Waals surface area contributed by atoms with Crippen molar-refractivity contribution in [1.29, 1.82) is 0 Å². The number of carbonyl (C=O) groups is 1. The highest BCUT2D eigenvalue weighted by Crippen LogP contribution is 2.27. The molecule has 4 aromatic carbocycles. The number of carboxylic acid groups (broad SMARTS) is 1. The third-order valence-corrected chi connectivity index (χ3v) is 8.48. The minimum Gasteiger partial charge on any atom is -0.478 e. The van der Waals surface area contributed by atoms with E-state index in [2.05, 4.69) is 12.1 Å². The zero-order chi connectivity index (χ0) is 24.8. The van der Waals surface area contributed by atoms with Crippen LogP contribution >= 0.6 is 23.4 Å². The summed E-state index contributed by atoms with van der Waals surface area (Å²) < 4.78 is 26.1. The van der Waals surface area contributed by atoms with Crippen LogP contribution < -0.4 is 0 Å². The Kier molecular flexibility index (Phi) is 7.96. The molecule has 0 heterocycles. The second-order valence-corrected chi connectivity index (χ2v) is 11.6. The molecule has 0 amide bonds. The van der Waals surface area contributed by atoms with Gasteiger partial charge in [-0.2, -0.15) is 0 Å². The number of halogens is 1. The van der Waals surface area contributed by atoms with Gasteiger partial charge in [0.15, 0.2) is 9.84 Å². The Labute approximate surface area is 214 Å². The summed E-state index contributed by atoms with van der Waals surface area (Å²) in [7, 11) is -3.73. The molecule has 178 valence electrons. The van der Waals surface area contributed by atoms with Gasteiger partial charge in [0, 0.05) is 15.7 Å². The summed E-state index contributed by atoms with van der Waals surface area (Å²) in [6.45, 7) is 0. The van der Waals surface area contributed by atoms with Crippen LogP contribution in [0, 0.1) is 0 Å². The number of aromatic carboxylic acids is 1. The standard InChI is InChI=1S/C28H23ClO4S2/c29-24-11-6-21(7-12-24)22-9-14-26(15-10-22)35(32,33)19-23-8-13-25(18-27(23)28(30)31)34-17-16-20-4-2-1-3-5-20/h1-15,18H,16-17,19H2,(H,30,31). The minimum absolute atomic E-state index is 0.0103. The number of rotatable bonds is 9. The molecule has 0 aliphatic rings. The number of aryl methyl sites for hydroxylation is 1. The second kappa shape index (κ2) is 11.1. The van der Waals surface area contributed by atoms with Crippen molar-refractivity contribution in [3.63, 3.8) is 0 Å². The van der Waals surface area contributed by atoms with Crippen LogP contribution in [0.5, 0.6) is 0 Å². The highest BCUT2D eigenvalue weighted by Gasteiger charge is 2.20. The molecule has 0 bridgehead atoms. The topological polar surface area (TPSA) is 71.4 Å². The van der Waals surface area contributed by atoms with Gasteiger partial charge < -0.3 is 5.11 Å². The summed E-state index contributed by atoms with van der Waals surface area (Å²) in [6.07, 6.45) is 0.857. The summed E-state index contributed by atoms with van der Waals surface area (Å²) in [5.74, 6) is -0.733. The quantitative estimate of drug-likeness (QED) is 0.239. The van der Waals surface area contributed by atoms with E-state index in [1.807, 2.05) is 30.3 Å². The van der Waals surface area contributed by atoms with E-state index in [1.165, 1.54) is 5.56 Å². The molecule has 4 aromatic rings. The van der Waals surface area contributed by atoms with Crippen molar-refractivity contribution >= 4 is 39.2 Å². The lowest BCUT2D eigenvalue weighted by atomic mass is 10.1. The molecular weight excluding hydrogens is 500 g/mol. The van der Waals surface area contributed by atoms with Crippen LogP contribution in [0.3, 0.4) is 0 Å². The Balaban J connectivity index is 1.48. The maximum absolute atomic E-state index is 13.1. The van der Waals surface area contributed by atoms with E-state index in [-0.39, 0.29) is 21.8 Å². The third-order valence-electron chi connectivity index (χ3n) is 5.55. The fourth-order valence-electron chi connectivity index (χ4n) is 3.69. The highest BCUT2D eigenvalue weighted by molar-refractivity contribution is 7.99. The van der Waals surface area contributed by atoms with Gasteiger partial charge in [-0.25, -0.2) is 13.2 Å². The van der Waals surface area contributed by atoms with Gasteiger partial charge in [-0.15, -0.1) is 11.8 Å². The van der Waals surface area contributed by atoms with Crippen LogP contribution in [-0.4, -0.2) is 25.2 Å². The summed E-state index contributed by atoms with van der Waals surface area (Å²) in [4.78, 5) is 12.8. The molecule has 0 radical (unpaired) electrons. The van der Waals surface area contributed by atoms with Gasteiger partial charge in [-0.3, -0.25) is 0 Å². The minimum atomic E-state index is -3.73. The zero-order valence-electron chi connectivity index (χ0n) is 18.7. The SMILES string of the molecule is O=C(O)c1cc(SCCc2ccccc2)ccc1CS(=O)(=O)c1ccc(-c2ccc(Cl)cc2)cc1. The monoisotopic (exact) mass is 522 g/mol. The Hall–Kier alpha value is -3.06. The molecule has 0 fully saturated rings. The molecule has 35 heavy (non-hydrogen) atoms. The van der Waals surface area contributed by atoms with E-state index in [1.54, 1.807) is 66.4 Å². The van der Waals surface area contributed by atoms with Crippen molar-refractivity contribution in [2.45, 2.75) is 22.0 Å². The van der Waals surface area contributed by atoms with Crippen LogP contribution in [0.4, 0.5) is 0 Å². The molecular formula is C28H23ClO4S2. The normalized spacial score (nSPS) is 11.3. The van der Waals surface area contributed by atoms with Crippen molar-refractivity contribution in [1.82, 2.24) is 0 Å². The van der Waals surface area contributed by atoms with E-state index >= 15 is 0 Å².